The molecule has 2 rings (SSSR count). The maximum Gasteiger partial charge on any atom is 0.292 e. The zero-order chi connectivity index (χ0) is 15.6. The van der Waals surface area contributed by atoms with Gasteiger partial charge in [0.25, 0.3) is 11.6 Å². The van der Waals surface area contributed by atoms with Crippen LogP contribution in [-0.4, -0.2) is 10.8 Å². The molecule has 108 valence electrons. The molecule has 0 unspecified atom stereocenters. The first-order chi connectivity index (χ1) is 9.90. The van der Waals surface area contributed by atoms with Crippen LogP contribution in [0.4, 0.5) is 21.5 Å². The molecule has 0 spiro atoms. The maximum atomic E-state index is 13.7. The van der Waals surface area contributed by atoms with E-state index in [-0.39, 0.29) is 22.6 Å². The molecule has 21 heavy (non-hydrogen) atoms. The predicted molar refractivity (Wildman–Crippen MR) is 79.6 cm³/mol. The van der Waals surface area contributed by atoms with E-state index in [2.05, 4.69) is 21.2 Å². The van der Waals surface area contributed by atoms with Gasteiger partial charge in [-0.25, -0.2) is 4.39 Å². The van der Waals surface area contributed by atoms with Crippen molar-refractivity contribution in [3.8, 4) is 0 Å². The number of nitrogens with two attached hydrogens (primary N) is 1. The molecule has 3 N–H and O–H groups in total. The Hall–Kier alpha value is -2.48. The number of nitrogens with zero attached hydrogens (tertiary/aromatic N) is 1. The summed E-state index contributed by atoms with van der Waals surface area (Å²) in [6.07, 6.45) is 0. The molecule has 6 nitrogen and oxygen atoms in total. The molecule has 0 aliphatic carbocycles. The molecule has 0 saturated carbocycles. The third-order valence-corrected chi connectivity index (χ3v) is 3.20. The van der Waals surface area contributed by atoms with Crippen LogP contribution >= 0.6 is 15.9 Å². The molecule has 0 aliphatic heterocycles. The Morgan fingerprint density at radius 1 is 1.33 bits per heavy atom. The number of nitro groups is 1. The van der Waals surface area contributed by atoms with E-state index in [0.717, 1.165) is 0 Å². The third-order valence-electron chi connectivity index (χ3n) is 2.70. The number of carbonyl (C=O) groups excluding carboxylic acids is 1. The smallest absolute Gasteiger partial charge is 0.292 e. The van der Waals surface area contributed by atoms with Gasteiger partial charge in [-0.3, -0.25) is 14.9 Å². The van der Waals surface area contributed by atoms with Crippen LogP contribution in [0.2, 0.25) is 0 Å². The van der Waals surface area contributed by atoms with Gasteiger partial charge in [-0.1, -0.05) is 22.0 Å². The van der Waals surface area contributed by atoms with Crippen molar-refractivity contribution in [2.24, 2.45) is 0 Å². The molecule has 0 aromatic heterocycles. The van der Waals surface area contributed by atoms with Crippen molar-refractivity contribution in [1.82, 2.24) is 0 Å². The topological polar surface area (TPSA) is 98.3 Å². The first-order valence-corrected chi connectivity index (χ1v) is 6.48. The van der Waals surface area contributed by atoms with Crippen LogP contribution in [0.1, 0.15) is 10.4 Å². The van der Waals surface area contributed by atoms with Crippen molar-refractivity contribution < 1.29 is 14.1 Å². The second-order valence-corrected chi connectivity index (χ2v) is 4.99. The maximum absolute atomic E-state index is 13.7. The standard InChI is InChI=1S/C13H9BrFN3O3/c14-7-4-5-10(9(15)6-7)17-13(19)8-2-1-3-11(12(8)16)18(20)21/h1-6H,16H2,(H,17,19). The van der Waals surface area contributed by atoms with Gasteiger partial charge >= 0.3 is 0 Å². The average molecular weight is 354 g/mol. The number of hydrogen-bond donors (Lipinski definition) is 2. The van der Waals surface area contributed by atoms with Gasteiger partial charge in [0.2, 0.25) is 0 Å². The summed E-state index contributed by atoms with van der Waals surface area (Å²) in [5.41, 5.74) is 4.82. The summed E-state index contributed by atoms with van der Waals surface area (Å²) in [6, 6.07) is 7.95. The van der Waals surface area contributed by atoms with E-state index in [1.54, 1.807) is 6.07 Å². The van der Waals surface area contributed by atoms with Crippen LogP contribution in [0.3, 0.4) is 0 Å². The molecule has 1 amide bonds. The number of anilines is 2. The molecule has 0 saturated heterocycles. The lowest BCUT2D eigenvalue weighted by Crippen LogP contribution is -2.15. The quantitative estimate of drug-likeness (QED) is 0.502. The van der Waals surface area contributed by atoms with Gasteiger partial charge < -0.3 is 11.1 Å². The highest BCUT2D eigenvalue weighted by Crippen LogP contribution is 2.26. The molecule has 0 atom stereocenters. The SMILES string of the molecule is Nc1c(C(=O)Nc2ccc(Br)cc2F)cccc1[N+](=O)[O-]. The van der Waals surface area contributed by atoms with Crippen LogP contribution in [-0.2, 0) is 0 Å². The largest absolute Gasteiger partial charge is 0.393 e. The van der Waals surface area contributed by atoms with E-state index < -0.39 is 16.6 Å². The monoisotopic (exact) mass is 353 g/mol. The zero-order valence-electron chi connectivity index (χ0n) is 10.5. The van der Waals surface area contributed by atoms with Gasteiger partial charge in [0, 0.05) is 10.5 Å². The number of amides is 1. The van der Waals surface area contributed by atoms with Crippen LogP contribution in [0.25, 0.3) is 0 Å². The molecule has 2 aromatic rings. The highest BCUT2D eigenvalue weighted by molar-refractivity contribution is 9.10. The molecule has 8 heteroatoms. The number of halogens is 2. The number of hydrogen-bond acceptors (Lipinski definition) is 4. The van der Waals surface area contributed by atoms with E-state index in [1.807, 2.05) is 0 Å². The summed E-state index contributed by atoms with van der Waals surface area (Å²) in [7, 11) is 0. The van der Waals surface area contributed by atoms with E-state index in [9.17, 15) is 19.3 Å². The number of para-hydroxylation sites is 1. The summed E-state index contributed by atoms with van der Waals surface area (Å²) in [5, 5.41) is 13.1. The lowest BCUT2D eigenvalue weighted by Gasteiger charge is -2.08. The Morgan fingerprint density at radius 2 is 2.05 bits per heavy atom. The number of nitro benzene ring substituents is 1. The lowest BCUT2D eigenvalue weighted by atomic mass is 10.1. The van der Waals surface area contributed by atoms with Gasteiger partial charge in [0.1, 0.15) is 11.5 Å². The minimum Gasteiger partial charge on any atom is -0.393 e. The summed E-state index contributed by atoms with van der Waals surface area (Å²) in [6.45, 7) is 0. The van der Waals surface area contributed by atoms with Gasteiger partial charge in [0.05, 0.1) is 16.2 Å². The van der Waals surface area contributed by atoms with Gasteiger partial charge in [-0.15, -0.1) is 0 Å². The molecule has 0 aliphatic rings. The van der Waals surface area contributed by atoms with E-state index >= 15 is 0 Å². The molecular formula is C13H9BrFN3O3. The second kappa shape index (κ2) is 5.88. The first kappa shape index (κ1) is 14.9. The summed E-state index contributed by atoms with van der Waals surface area (Å²) < 4.78 is 14.2. The average Bonchev–Trinajstić information content (AvgIpc) is 2.41. The van der Waals surface area contributed by atoms with Crippen molar-refractivity contribution in [3.63, 3.8) is 0 Å². The summed E-state index contributed by atoms with van der Waals surface area (Å²) >= 11 is 3.10. The van der Waals surface area contributed by atoms with Crippen molar-refractivity contribution in [2.45, 2.75) is 0 Å². The molecule has 0 radical (unpaired) electrons. The van der Waals surface area contributed by atoms with Crippen molar-refractivity contribution >= 4 is 38.9 Å². The van der Waals surface area contributed by atoms with Gasteiger partial charge in [-0.05, 0) is 24.3 Å². The number of nitrogen functional groups attached to an aromatic ring is 1. The number of benzene rings is 2. The minimum absolute atomic E-state index is 0.0471. The molecule has 0 bridgehead atoms. The van der Waals surface area contributed by atoms with E-state index in [4.69, 9.17) is 5.73 Å². The third kappa shape index (κ3) is 3.16. The molecule has 2 aromatic carbocycles. The normalized spacial score (nSPS) is 10.2. The number of nitrogens with one attached hydrogen (secondary N) is 1. The Bertz CT molecular complexity index is 737. The van der Waals surface area contributed by atoms with Gasteiger partial charge in [-0.2, -0.15) is 0 Å². The molecule has 0 fully saturated rings. The van der Waals surface area contributed by atoms with Crippen molar-refractivity contribution in [3.05, 3.63) is 62.4 Å². The fourth-order valence-corrected chi connectivity index (χ4v) is 2.02. The highest BCUT2D eigenvalue weighted by atomic mass is 79.9. The Morgan fingerprint density at radius 3 is 2.67 bits per heavy atom. The number of carbonyl (C=O) groups is 1. The van der Waals surface area contributed by atoms with E-state index in [1.165, 1.54) is 30.3 Å². The first-order valence-electron chi connectivity index (χ1n) is 5.69. The fourth-order valence-electron chi connectivity index (χ4n) is 1.69. The summed E-state index contributed by atoms with van der Waals surface area (Å²) in [4.78, 5) is 22.1. The summed E-state index contributed by atoms with van der Waals surface area (Å²) in [5.74, 6) is -1.36. The Kier molecular flexibility index (Phi) is 4.18. The van der Waals surface area contributed by atoms with Crippen LogP contribution in [0, 0.1) is 15.9 Å². The Labute approximate surface area is 127 Å². The second-order valence-electron chi connectivity index (χ2n) is 4.07. The molecular weight excluding hydrogens is 345 g/mol. The number of rotatable bonds is 3. The molecule has 0 heterocycles. The zero-order valence-corrected chi connectivity index (χ0v) is 12.1. The predicted octanol–water partition coefficient (Wildman–Crippen LogP) is 3.33. The van der Waals surface area contributed by atoms with Crippen molar-refractivity contribution in [1.29, 1.82) is 0 Å². The lowest BCUT2D eigenvalue weighted by molar-refractivity contribution is -0.383. The highest BCUT2D eigenvalue weighted by Gasteiger charge is 2.19. The fraction of sp³-hybridized carbons (Fsp3) is 0. The van der Waals surface area contributed by atoms with Crippen LogP contribution in [0.15, 0.2) is 40.9 Å². The Balaban J connectivity index is 2.33. The van der Waals surface area contributed by atoms with Crippen molar-refractivity contribution in [2.75, 3.05) is 11.1 Å². The minimum atomic E-state index is -0.725. The van der Waals surface area contributed by atoms with Gasteiger partial charge in [0.15, 0.2) is 0 Å². The van der Waals surface area contributed by atoms with E-state index in [0.29, 0.717) is 4.47 Å². The van der Waals surface area contributed by atoms with Crippen LogP contribution in [0.5, 0.6) is 0 Å². The van der Waals surface area contributed by atoms with Crippen LogP contribution < -0.4 is 11.1 Å².